The minimum Gasteiger partial charge on any atom is -0.497 e. The quantitative estimate of drug-likeness (QED) is 0.416. The molecule has 1 fully saturated rings. The van der Waals surface area contributed by atoms with Gasteiger partial charge in [0.15, 0.2) is 11.0 Å². The highest BCUT2D eigenvalue weighted by atomic mass is 32.2. The molecule has 180 valence electrons. The third-order valence-electron chi connectivity index (χ3n) is 5.78. The van der Waals surface area contributed by atoms with Crippen LogP contribution in [0.3, 0.4) is 0 Å². The minimum absolute atomic E-state index is 0.0477. The minimum atomic E-state index is 0.0477. The predicted molar refractivity (Wildman–Crippen MR) is 134 cm³/mol. The highest BCUT2D eigenvalue weighted by Gasteiger charge is 2.26. The van der Waals surface area contributed by atoms with Crippen LogP contribution in [0.25, 0.3) is 11.4 Å². The van der Waals surface area contributed by atoms with Crippen molar-refractivity contribution >= 4 is 34.9 Å². The molecule has 4 rings (SSSR count). The zero-order chi connectivity index (χ0) is 23.9. The van der Waals surface area contributed by atoms with E-state index >= 15 is 0 Å². The van der Waals surface area contributed by atoms with Crippen molar-refractivity contribution in [2.75, 3.05) is 39.0 Å². The molecule has 0 N–H and O–H groups in total. The molecule has 8 nitrogen and oxygen atoms in total. The summed E-state index contributed by atoms with van der Waals surface area (Å²) in [6.07, 6.45) is 2.06. The van der Waals surface area contributed by atoms with Crippen molar-refractivity contribution in [3.05, 3.63) is 46.7 Å². The second kappa shape index (κ2) is 11.5. The Morgan fingerprint density at radius 3 is 2.44 bits per heavy atom. The van der Waals surface area contributed by atoms with Crippen LogP contribution in [-0.4, -0.2) is 75.4 Å². The van der Waals surface area contributed by atoms with Gasteiger partial charge in [-0.25, -0.2) is 0 Å². The molecular weight excluding hydrogens is 470 g/mol. The van der Waals surface area contributed by atoms with Crippen LogP contribution in [-0.2, 0) is 11.3 Å². The van der Waals surface area contributed by atoms with Crippen molar-refractivity contribution in [1.82, 2.24) is 24.6 Å². The molecule has 2 aromatic heterocycles. The molecule has 10 heteroatoms. The van der Waals surface area contributed by atoms with Crippen LogP contribution in [0, 0.1) is 0 Å². The van der Waals surface area contributed by atoms with E-state index in [4.69, 9.17) is 4.74 Å². The molecule has 0 spiro atoms. The second-order valence-electron chi connectivity index (χ2n) is 7.98. The summed E-state index contributed by atoms with van der Waals surface area (Å²) in [6.45, 7) is 5.16. The number of carbonyl (C=O) groups excluding carboxylic acids is 2. The van der Waals surface area contributed by atoms with Crippen molar-refractivity contribution in [1.29, 1.82) is 0 Å². The summed E-state index contributed by atoms with van der Waals surface area (Å²) in [5.41, 5.74) is 0.967. The average molecular weight is 500 g/mol. The summed E-state index contributed by atoms with van der Waals surface area (Å²) in [7, 11) is 1.64. The van der Waals surface area contributed by atoms with Crippen molar-refractivity contribution in [2.45, 2.75) is 31.5 Å². The fourth-order valence-electron chi connectivity index (χ4n) is 3.80. The van der Waals surface area contributed by atoms with E-state index in [0.29, 0.717) is 31.9 Å². The van der Waals surface area contributed by atoms with Gasteiger partial charge in [0.2, 0.25) is 5.91 Å². The van der Waals surface area contributed by atoms with Gasteiger partial charge >= 0.3 is 0 Å². The number of piperazine rings is 1. The lowest BCUT2D eigenvalue weighted by atomic mass is 10.2. The smallest absolute Gasteiger partial charge is 0.264 e. The number of thiophene rings is 1. The Morgan fingerprint density at radius 2 is 1.79 bits per heavy atom. The molecule has 0 atom stereocenters. The molecule has 0 aliphatic carbocycles. The molecule has 1 aliphatic rings. The second-order valence-corrected chi connectivity index (χ2v) is 9.87. The van der Waals surface area contributed by atoms with Gasteiger partial charge in [-0.3, -0.25) is 9.59 Å². The molecule has 0 saturated carbocycles. The summed E-state index contributed by atoms with van der Waals surface area (Å²) in [5, 5.41) is 11.5. The lowest BCUT2D eigenvalue weighted by Gasteiger charge is -2.34. The molecule has 0 bridgehead atoms. The highest BCUT2D eigenvalue weighted by Crippen LogP contribution is 2.26. The van der Waals surface area contributed by atoms with Gasteiger partial charge in [0.25, 0.3) is 5.91 Å². The van der Waals surface area contributed by atoms with Crippen molar-refractivity contribution in [3.8, 4) is 17.1 Å². The van der Waals surface area contributed by atoms with Gasteiger partial charge in [0.1, 0.15) is 5.75 Å². The SMILES string of the molecule is CCCCn1c(SCC(=O)N2CCN(C(=O)c3cccs3)CC2)nnc1-c1ccc(OC)cc1. The maximum Gasteiger partial charge on any atom is 0.264 e. The standard InChI is InChI=1S/C24H29N5O3S2/c1-3-4-11-29-22(18-7-9-19(32-2)10-8-18)25-26-24(29)34-17-21(30)27-12-14-28(15-13-27)23(31)20-6-5-16-33-20/h5-10,16H,3-4,11-15,17H2,1-2H3. The van der Waals surface area contributed by atoms with Gasteiger partial charge in [0, 0.05) is 38.3 Å². The van der Waals surface area contributed by atoms with Gasteiger partial charge in [0.05, 0.1) is 17.7 Å². The van der Waals surface area contributed by atoms with E-state index in [1.165, 1.54) is 23.1 Å². The molecule has 1 aromatic carbocycles. The van der Waals surface area contributed by atoms with Crippen LogP contribution in [0.15, 0.2) is 46.9 Å². The van der Waals surface area contributed by atoms with Crippen molar-refractivity contribution in [2.24, 2.45) is 0 Å². The Bertz CT molecular complexity index is 1090. The van der Waals surface area contributed by atoms with Gasteiger partial charge in [-0.1, -0.05) is 31.2 Å². The number of nitrogens with zero attached hydrogens (tertiary/aromatic N) is 5. The molecule has 1 saturated heterocycles. The maximum absolute atomic E-state index is 12.9. The number of carbonyl (C=O) groups is 2. The maximum atomic E-state index is 12.9. The third-order valence-corrected chi connectivity index (χ3v) is 7.59. The predicted octanol–water partition coefficient (Wildman–Crippen LogP) is 3.89. The first-order chi connectivity index (χ1) is 16.6. The Morgan fingerprint density at radius 1 is 1.06 bits per heavy atom. The zero-order valence-corrected chi connectivity index (χ0v) is 21.1. The summed E-state index contributed by atoms with van der Waals surface area (Å²) < 4.78 is 7.35. The van der Waals surface area contributed by atoms with E-state index < -0.39 is 0 Å². The van der Waals surface area contributed by atoms with E-state index in [0.717, 1.165) is 46.6 Å². The molecule has 0 unspecified atom stereocenters. The summed E-state index contributed by atoms with van der Waals surface area (Å²) >= 11 is 2.87. The number of aromatic nitrogens is 3. The lowest BCUT2D eigenvalue weighted by molar-refractivity contribution is -0.129. The normalized spacial score (nSPS) is 13.8. The highest BCUT2D eigenvalue weighted by molar-refractivity contribution is 7.99. The van der Waals surface area contributed by atoms with Crippen LogP contribution < -0.4 is 4.74 Å². The molecule has 1 aliphatic heterocycles. The number of hydrogen-bond donors (Lipinski definition) is 0. The monoisotopic (exact) mass is 499 g/mol. The topological polar surface area (TPSA) is 80.6 Å². The Hall–Kier alpha value is -2.85. The van der Waals surface area contributed by atoms with Gasteiger partial charge < -0.3 is 19.1 Å². The molecular formula is C24H29N5O3S2. The van der Waals surface area contributed by atoms with Crippen molar-refractivity contribution in [3.63, 3.8) is 0 Å². The summed E-state index contributed by atoms with van der Waals surface area (Å²) in [4.78, 5) is 29.8. The van der Waals surface area contributed by atoms with Crippen LogP contribution in [0.1, 0.15) is 29.4 Å². The van der Waals surface area contributed by atoms with Gasteiger partial charge in [-0.15, -0.1) is 21.5 Å². The number of hydrogen-bond acceptors (Lipinski definition) is 7. The first-order valence-corrected chi connectivity index (χ1v) is 13.3. The Balaban J connectivity index is 1.36. The van der Waals surface area contributed by atoms with E-state index in [-0.39, 0.29) is 11.8 Å². The van der Waals surface area contributed by atoms with Crippen LogP contribution in [0.2, 0.25) is 0 Å². The molecule has 3 heterocycles. The number of rotatable bonds is 9. The number of thioether (sulfide) groups is 1. The molecule has 2 amide bonds. The lowest BCUT2D eigenvalue weighted by Crippen LogP contribution is -2.51. The molecule has 34 heavy (non-hydrogen) atoms. The summed E-state index contributed by atoms with van der Waals surface area (Å²) in [6, 6.07) is 11.5. The fraction of sp³-hybridized carbons (Fsp3) is 0.417. The van der Waals surface area contributed by atoms with E-state index in [2.05, 4.69) is 21.7 Å². The van der Waals surface area contributed by atoms with Gasteiger partial charge in [-0.05, 0) is 42.1 Å². The molecule has 0 radical (unpaired) electrons. The van der Waals surface area contributed by atoms with Crippen molar-refractivity contribution < 1.29 is 14.3 Å². The number of ether oxygens (including phenoxy) is 1. The Kier molecular flexibility index (Phi) is 8.23. The Labute approximate surface area is 207 Å². The fourth-order valence-corrected chi connectivity index (χ4v) is 5.36. The van der Waals surface area contributed by atoms with Crippen LogP contribution in [0.5, 0.6) is 5.75 Å². The summed E-state index contributed by atoms with van der Waals surface area (Å²) in [5.74, 6) is 1.99. The number of unbranched alkanes of at least 4 members (excludes halogenated alkanes) is 1. The van der Waals surface area contributed by atoms with E-state index in [1.807, 2.05) is 51.6 Å². The average Bonchev–Trinajstić information content (AvgIpc) is 3.56. The van der Waals surface area contributed by atoms with Crippen LogP contribution >= 0.6 is 23.1 Å². The number of benzene rings is 1. The first kappa shape index (κ1) is 24.3. The zero-order valence-electron chi connectivity index (χ0n) is 19.5. The number of methoxy groups -OCH3 is 1. The van der Waals surface area contributed by atoms with E-state index in [9.17, 15) is 9.59 Å². The van der Waals surface area contributed by atoms with Crippen LogP contribution in [0.4, 0.5) is 0 Å². The first-order valence-electron chi connectivity index (χ1n) is 11.4. The number of amides is 2. The van der Waals surface area contributed by atoms with E-state index in [1.54, 1.807) is 7.11 Å². The third kappa shape index (κ3) is 5.61. The largest absolute Gasteiger partial charge is 0.497 e. The molecule has 3 aromatic rings. The van der Waals surface area contributed by atoms with Gasteiger partial charge in [-0.2, -0.15) is 0 Å².